The molecule has 0 bridgehead atoms. The van der Waals surface area contributed by atoms with Crippen molar-refractivity contribution in [1.29, 1.82) is 0 Å². The van der Waals surface area contributed by atoms with Gasteiger partial charge in [0.1, 0.15) is 0 Å². The van der Waals surface area contributed by atoms with E-state index in [4.69, 9.17) is 9.47 Å². The highest BCUT2D eigenvalue weighted by molar-refractivity contribution is 5.69. The maximum absolute atomic E-state index is 11.1. The first-order chi connectivity index (χ1) is 12.1. The van der Waals surface area contributed by atoms with Gasteiger partial charge in [-0.25, -0.2) is 0 Å². The Morgan fingerprint density at radius 3 is 1.36 bits per heavy atom. The van der Waals surface area contributed by atoms with Crippen molar-refractivity contribution in [3.05, 3.63) is 0 Å². The van der Waals surface area contributed by atoms with Crippen molar-refractivity contribution in [2.24, 2.45) is 0 Å². The zero-order valence-corrected chi connectivity index (χ0v) is 17.2. The number of carbonyl (C=O) groups excluding carboxylic acids is 2. The van der Waals surface area contributed by atoms with Gasteiger partial charge in [0.15, 0.2) is 0 Å². The van der Waals surface area contributed by atoms with Gasteiger partial charge in [-0.1, -0.05) is 72.6 Å². The first kappa shape index (κ1) is 26.2. The Morgan fingerprint density at radius 1 is 0.520 bits per heavy atom. The molecule has 0 aromatic rings. The van der Waals surface area contributed by atoms with Crippen LogP contribution in [-0.2, 0) is 19.1 Å². The van der Waals surface area contributed by atoms with Crippen molar-refractivity contribution in [3.63, 3.8) is 0 Å². The lowest BCUT2D eigenvalue weighted by Gasteiger charge is -2.02. The van der Waals surface area contributed by atoms with Gasteiger partial charge in [-0.05, 0) is 25.7 Å². The van der Waals surface area contributed by atoms with Crippen molar-refractivity contribution < 1.29 is 19.1 Å². The van der Waals surface area contributed by atoms with Gasteiger partial charge in [-0.15, -0.1) is 0 Å². The van der Waals surface area contributed by atoms with Gasteiger partial charge in [0, 0.05) is 12.8 Å². The molecule has 0 radical (unpaired) electrons. The van der Waals surface area contributed by atoms with E-state index in [1.54, 1.807) is 0 Å². The minimum absolute atomic E-state index is 0.0236. The van der Waals surface area contributed by atoms with Gasteiger partial charge < -0.3 is 9.47 Å². The van der Waals surface area contributed by atoms with Gasteiger partial charge in [0.2, 0.25) is 0 Å². The molecule has 0 aliphatic heterocycles. The summed E-state index contributed by atoms with van der Waals surface area (Å²) in [6, 6.07) is 0. The van der Waals surface area contributed by atoms with Gasteiger partial charge in [0.25, 0.3) is 0 Å². The molecule has 4 heteroatoms. The predicted octanol–water partition coefficient (Wildman–Crippen LogP) is 6.21. The molecule has 0 atom stereocenters. The lowest BCUT2D eigenvalue weighted by atomic mass is 10.2. The van der Waals surface area contributed by atoms with E-state index < -0.39 is 0 Å². The SMILES string of the molecule is CCCCCCC(=O)OCCC.CCCCCCC(=O)OCCCC. The molecule has 0 unspecified atom stereocenters. The Morgan fingerprint density at radius 2 is 0.960 bits per heavy atom. The molecule has 0 amide bonds. The van der Waals surface area contributed by atoms with Crippen molar-refractivity contribution in [2.75, 3.05) is 13.2 Å². The fourth-order valence-corrected chi connectivity index (χ4v) is 2.08. The minimum Gasteiger partial charge on any atom is -0.466 e. The molecule has 0 rings (SSSR count). The van der Waals surface area contributed by atoms with Crippen LogP contribution in [-0.4, -0.2) is 25.2 Å². The number of hydrogen-bond acceptors (Lipinski definition) is 4. The third-order valence-corrected chi connectivity index (χ3v) is 3.70. The van der Waals surface area contributed by atoms with E-state index in [2.05, 4.69) is 20.8 Å². The normalized spacial score (nSPS) is 9.92. The summed E-state index contributed by atoms with van der Waals surface area (Å²) in [6.45, 7) is 9.60. The lowest BCUT2D eigenvalue weighted by Crippen LogP contribution is -2.05. The van der Waals surface area contributed by atoms with Crippen molar-refractivity contribution >= 4 is 11.9 Å². The lowest BCUT2D eigenvalue weighted by molar-refractivity contribution is -0.144. The van der Waals surface area contributed by atoms with Crippen LogP contribution in [0.2, 0.25) is 0 Å². The smallest absolute Gasteiger partial charge is 0.305 e. The fraction of sp³-hybridized carbons (Fsp3) is 0.905. The van der Waals surface area contributed by atoms with Crippen LogP contribution >= 0.6 is 0 Å². The van der Waals surface area contributed by atoms with Crippen LogP contribution in [0.1, 0.15) is 111 Å². The summed E-state index contributed by atoms with van der Waals surface area (Å²) in [6.07, 6.45) is 13.3. The van der Waals surface area contributed by atoms with Gasteiger partial charge >= 0.3 is 11.9 Å². The monoisotopic (exact) mass is 358 g/mol. The van der Waals surface area contributed by atoms with Gasteiger partial charge in [0.05, 0.1) is 13.2 Å². The van der Waals surface area contributed by atoms with Crippen LogP contribution in [0.3, 0.4) is 0 Å². The number of ether oxygens (including phenoxy) is 2. The Labute approximate surface area is 156 Å². The minimum atomic E-state index is -0.0343. The standard InChI is InChI=1S/C11H22O2.C10H20O2/c1-3-5-7-8-9-11(12)13-10-6-4-2;1-3-5-6-7-8-10(11)12-9-4-2/h3-10H2,1-2H3;3-9H2,1-2H3. The van der Waals surface area contributed by atoms with Crippen LogP contribution in [0, 0.1) is 0 Å². The summed E-state index contributed by atoms with van der Waals surface area (Å²) in [5.74, 6) is -0.0579. The van der Waals surface area contributed by atoms with E-state index in [-0.39, 0.29) is 11.9 Å². The van der Waals surface area contributed by atoms with E-state index >= 15 is 0 Å². The number of unbranched alkanes of at least 4 members (excludes halogenated alkanes) is 7. The van der Waals surface area contributed by atoms with Crippen LogP contribution in [0.15, 0.2) is 0 Å². The van der Waals surface area contributed by atoms with Crippen LogP contribution in [0.5, 0.6) is 0 Å². The Balaban J connectivity index is 0. The molecule has 0 aliphatic rings. The highest BCUT2D eigenvalue weighted by atomic mass is 16.5. The first-order valence-electron chi connectivity index (χ1n) is 10.4. The van der Waals surface area contributed by atoms with Crippen molar-refractivity contribution in [3.8, 4) is 0 Å². The molecular weight excluding hydrogens is 316 g/mol. The third-order valence-electron chi connectivity index (χ3n) is 3.70. The fourth-order valence-electron chi connectivity index (χ4n) is 2.08. The summed E-state index contributed by atoms with van der Waals surface area (Å²) in [5, 5.41) is 0. The largest absolute Gasteiger partial charge is 0.466 e. The molecular formula is C21H42O4. The third kappa shape index (κ3) is 25.3. The average Bonchev–Trinajstić information content (AvgIpc) is 2.61. The van der Waals surface area contributed by atoms with E-state index in [0.717, 1.165) is 44.9 Å². The number of rotatable bonds is 15. The van der Waals surface area contributed by atoms with Crippen molar-refractivity contribution in [2.45, 2.75) is 111 Å². The molecule has 4 nitrogen and oxygen atoms in total. The highest BCUT2D eigenvalue weighted by Gasteiger charge is 2.01. The molecule has 0 N–H and O–H groups in total. The number of esters is 2. The zero-order valence-electron chi connectivity index (χ0n) is 17.2. The number of hydrogen-bond donors (Lipinski definition) is 0. The average molecular weight is 359 g/mol. The van der Waals surface area contributed by atoms with E-state index in [0.29, 0.717) is 26.1 Å². The van der Waals surface area contributed by atoms with E-state index in [1.165, 1.54) is 25.7 Å². The van der Waals surface area contributed by atoms with Gasteiger partial charge in [-0.2, -0.15) is 0 Å². The molecule has 0 aliphatic carbocycles. The summed E-state index contributed by atoms with van der Waals surface area (Å²) < 4.78 is 9.96. The summed E-state index contributed by atoms with van der Waals surface area (Å²) in [7, 11) is 0. The molecule has 0 saturated carbocycles. The zero-order chi connectivity index (χ0) is 19.2. The maximum Gasteiger partial charge on any atom is 0.305 e. The molecule has 0 aromatic heterocycles. The topological polar surface area (TPSA) is 52.6 Å². The molecule has 0 aromatic carbocycles. The molecule has 0 saturated heterocycles. The second-order valence-corrected chi connectivity index (χ2v) is 6.42. The van der Waals surface area contributed by atoms with E-state index in [1.807, 2.05) is 6.92 Å². The molecule has 0 spiro atoms. The summed E-state index contributed by atoms with van der Waals surface area (Å²) in [4.78, 5) is 22.0. The molecule has 0 heterocycles. The quantitative estimate of drug-likeness (QED) is 0.258. The van der Waals surface area contributed by atoms with Crippen LogP contribution < -0.4 is 0 Å². The Hall–Kier alpha value is -1.06. The number of carbonyl (C=O) groups is 2. The van der Waals surface area contributed by atoms with E-state index in [9.17, 15) is 9.59 Å². The van der Waals surface area contributed by atoms with Crippen molar-refractivity contribution in [1.82, 2.24) is 0 Å². The summed E-state index contributed by atoms with van der Waals surface area (Å²) in [5.41, 5.74) is 0. The van der Waals surface area contributed by atoms with Crippen LogP contribution in [0.4, 0.5) is 0 Å². The second kappa shape index (κ2) is 22.9. The predicted molar refractivity (Wildman–Crippen MR) is 105 cm³/mol. The molecule has 150 valence electrons. The molecule has 25 heavy (non-hydrogen) atoms. The maximum atomic E-state index is 11.1. The Kier molecular flexibility index (Phi) is 24.0. The first-order valence-corrected chi connectivity index (χ1v) is 10.4. The Bertz CT molecular complexity index is 290. The van der Waals surface area contributed by atoms with Crippen LogP contribution in [0.25, 0.3) is 0 Å². The van der Waals surface area contributed by atoms with Gasteiger partial charge in [-0.3, -0.25) is 9.59 Å². The highest BCUT2D eigenvalue weighted by Crippen LogP contribution is 2.04. The summed E-state index contributed by atoms with van der Waals surface area (Å²) >= 11 is 0. The molecule has 0 fully saturated rings. The second-order valence-electron chi connectivity index (χ2n) is 6.42.